The van der Waals surface area contributed by atoms with E-state index in [1.807, 2.05) is 30.3 Å². The van der Waals surface area contributed by atoms with Crippen LogP contribution in [0.2, 0.25) is 0 Å². The van der Waals surface area contributed by atoms with Crippen LogP contribution < -0.4 is 0 Å². The summed E-state index contributed by atoms with van der Waals surface area (Å²) in [6, 6.07) is 12.9. The maximum Gasteiger partial charge on any atom is 0.250 e. The molecule has 1 atom stereocenters. The van der Waals surface area contributed by atoms with E-state index >= 15 is 0 Å². The van der Waals surface area contributed by atoms with Crippen molar-refractivity contribution in [3.05, 3.63) is 65.6 Å². The number of hydrogen-bond acceptors (Lipinski definition) is 2. The number of rotatable bonds is 4. The first-order valence-electron chi connectivity index (χ1n) is 9.19. The molecular weight excluding hydrogens is 284 g/mol. The van der Waals surface area contributed by atoms with E-state index in [0.717, 1.165) is 11.1 Å². The predicted octanol–water partition coefficient (Wildman–Crippen LogP) is 4.89. The molecule has 0 spiro atoms. The minimum absolute atomic E-state index is 0.0311. The Labute approximate surface area is 141 Å². The molecule has 0 radical (unpaired) electrons. The first-order valence-corrected chi connectivity index (χ1v) is 7.19. The van der Waals surface area contributed by atoms with Gasteiger partial charge >= 0.3 is 0 Å². The highest BCUT2D eigenvalue weighted by molar-refractivity contribution is 5.70. The fraction of sp³-hybridized carbons (Fsp3) is 0.211. The van der Waals surface area contributed by atoms with Crippen molar-refractivity contribution in [3.8, 4) is 22.5 Å². The van der Waals surface area contributed by atoms with Crippen molar-refractivity contribution in [1.82, 2.24) is 15.2 Å². The van der Waals surface area contributed by atoms with E-state index in [4.69, 9.17) is 12.1 Å². The molecule has 0 saturated heterocycles. The molecule has 0 saturated carbocycles. The standard InChI is InChI=1S/C19H18N4/c1-13(2)9-15-10-17(18-11-19(20-3)23-22-18)21-12-16(15)14-7-5-4-6-8-14/h4-8,10-13H,9H2,1-2H3,(H,22,23)/i1D3,13D. The van der Waals surface area contributed by atoms with Gasteiger partial charge in [0.1, 0.15) is 5.69 Å². The van der Waals surface area contributed by atoms with Gasteiger partial charge in [-0.2, -0.15) is 0 Å². The predicted molar refractivity (Wildman–Crippen MR) is 92.1 cm³/mol. The SMILES string of the molecule is [2H]C([2H])([2H])C([2H])(C)Cc1cc(-c2cc([N+]#[C-])[nH]n2)ncc1-c1ccccc1. The van der Waals surface area contributed by atoms with E-state index in [0.29, 0.717) is 22.8 Å². The molecule has 114 valence electrons. The summed E-state index contributed by atoms with van der Waals surface area (Å²) in [6.07, 6.45) is 1.70. The van der Waals surface area contributed by atoms with Gasteiger partial charge in [-0.25, -0.2) is 5.10 Å². The lowest BCUT2D eigenvalue weighted by molar-refractivity contribution is 0.648. The van der Waals surface area contributed by atoms with Gasteiger partial charge in [0.15, 0.2) is 0 Å². The molecule has 4 heteroatoms. The summed E-state index contributed by atoms with van der Waals surface area (Å²) in [6.45, 7) is 6.04. The average Bonchev–Trinajstić information content (AvgIpc) is 3.10. The number of aromatic nitrogens is 3. The van der Waals surface area contributed by atoms with E-state index in [2.05, 4.69) is 20.0 Å². The maximum atomic E-state index is 8.34. The Balaban J connectivity index is 2.11. The molecular formula is C19H18N4. The molecule has 0 bridgehead atoms. The van der Waals surface area contributed by atoms with E-state index in [1.54, 1.807) is 18.3 Å². The van der Waals surface area contributed by atoms with Crippen LogP contribution in [0.25, 0.3) is 27.4 Å². The molecule has 1 aromatic carbocycles. The zero-order valence-corrected chi connectivity index (χ0v) is 12.7. The fourth-order valence-electron chi connectivity index (χ4n) is 2.45. The summed E-state index contributed by atoms with van der Waals surface area (Å²) in [5.74, 6) is -1.35. The molecule has 0 aliphatic carbocycles. The molecule has 3 aromatic rings. The molecule has 23 heavy (non-hydrogen) atoms. The monoisotopic (exact) mass is 306 g/mol. The summed E-state index contributed by atoms with van der Waals surface area (Å²) in [5, 5.41) is 6.71. The van der Waals surface area contributed by atoms with Crippen LogP contribution in [-0.4, -0.2) is 15.2 Å². The minimum atomic E-state index is -2.42. The number of H-pyrrole nitrogens is 1. The molecule has 2 heterocycles. The van der Waals surface area contributed by atoms with Crippen LogP contribution in [0.5, 0.6) is 0 Å². The van der Waals surface area contributed by atoms with Crippen molar-refractivity contribution in [2.75, 3.05) is 0 Å². The third kappa shape index (κ3) is 3.29. The number of benzene rings is 1. The molecule has 1 N–H and O–H groups in total. The molecule has 0 aliphatic rings. The lowest BCUT2D eigenvalue weighted by Crippen LogP contribution is -1.99. The molecule has 0 fully saturated rings. The number of aromatic amines is 1. The van der Waals surface area contributed by atoms with Gasteiger partial charge in [0, 0.05) is 17.2 Å². The van der Waals surface area contributed by atoms with Gasteiger partial charge in [0.25, 0.3) is 5.82 Å². The van der Waals surface area contributed by atoms with E-state index < -0.39 is 12.7 Å². The van der Waals surface area contributed by atoms with E-state index in [-0.39, 0.29) is 6.42 Å². The Hall–Kier alpha value is -2.93. The van der Waals surface area contributed by atoms with Gasteiger partial charge in [0.05, 0.1) is 5.69 Å². The molecule has 3 rings (SSSR count). The van der Waals surface area contributed by atoms with Crippen molar-refractivity contribution < 1.29 is 5.48 Å². The molecule has 0 amide bonds. The minimum Gasteiger partial charge on any atom is -0.362 e. The van der Waals surface area contributed by atoms with Crippen LogP contribution in [0, 0.1) is 12.5 Å². The number of hydrogen-bond donors (Lipinski definition) is 1. The van der Waals surface area contributed by atoms with Gasteiger partial charge < -0.3 is 4.85 Å². The summed E-state index contributed by atoms with van der Waals surface area (Å²) in [5.41, 5.74) is 3.41. The summed E-state index contributed by atoms with van der Waals surface area (Å²) in [4.78, 5) is 7.73. The van der Waals surface area contributed by atoms with Crippen LogP contribution in [0.3, 0.4) is 0 Å². The third-order valence-corrected chi connectivity index (χ3v) is 3.48. The zero-order chi connectivity index (χ0) is 19.7. The topological polar surface area (TPSA) is 45.9 Å². The second-order valence-electron chi connectivity index (χ2n) is 5.30. The Morgan fingerprint density at radius 2 is 2.13 bits per heavy atom. The van der Waals surface area contributed by atoms with Gasteiger partial charge in [-0.3, -0.25) is 4.98 Å². The van der Waals surface area contributed by atoms with Gasteiger partial charge in [-0.15, -0.1) is 5.10 Å². The molecule has 1 unspecified atom stereocenters. The van der Waals surface area contributed by atoms with Crippen LogP contribution in [0.15, 0.2) is 48.7 Å². The second-order valence-corrected chi connectivity index (χ2v) is 5.30. The van der Waals surface area contributed by atoms with Crippen LogP contribution in [-0.2, 0) is 6.42 Å². The smallest absolute Gasteiger partial charge is 0.250 e. The average molecular weight is 306 g/mol. The van der Waals surface area contributed by atoms with Crippen molar-refractivity contribution in [1.29, 1.82) is 0 Å². The number of nitrogens with one attached hydrogen (secondary N) is 1. The van der Waals surface area contributed by atoms with Gasteiger partial charge in [-0.1, -0.05) is 50.7 Å². The Morgan fingerprint density at radius 3 is 2.83 bits per heavy atom. The molecule has 0 aliphatic heterocycles. The Kier molecular flexibility index (Phi) is 3.01. The van der Waals surface area contributed by atoms with Crippen molar-refractivity contribution in [3.63, 3.8) is 0 Å². The van der Waals surface area contributed by atoms with Crippen molar-refractivity contribution in [2.45, 2.75) is 20.2 Å². The van der Waals surface area contributed by atoms with Crippen LogP contribution in [0.4, 0.5) is 5.82 Å². The van der Waals surface area contributed by atoms with Crippen LogP contribution >= 0.6 is 0 Å². The normalized spacial score (nSPS) is 16.3. The maximum absolute atomic E-state index is 8.34. The lowest BCUT2D eigenvalue weighted by atomic mass is 9.94. The van der Waals surface area contributed by atoms with Gasteiger partial charge in [0.2, 0.25) is 0 Å². The Morgan fingerprint density at radius 1 is 1.30 bits per heavy atom. The number of nitrogens with zero attached hydrogens (tertiary/aromatic N) is 3. The van der Waals surface area contributed by atoms with E-state index in [1.165, 1.54) is 6.92 Å². The lowest BCUT2D eigenvalue weighted by Gasteiger charge is -2.13. The molecule has 4 nitrogen and oxygen atoms in total. The highest BCUT2D eigenvalue weighted by Crippen LogP contribution is 2.29. The zero-order valence-electron chi connectivity index (χ0n) is 16.7. The van der Waals surface area contributed by atoms with E-state index in [9.17, 15) is 0 Å². The first kappa shape index (κ1) is 10.7. The first-order chi connectivity index (χ1) is 12.7. The van der Waals surface area contributed by atoms with Gasteiger partial charge in [-0.05, 0) is 35.6 Å². The summed E-state index contributed by atoms with van der Waals surface area (Å²) < 4.78 is 31.4. The van der Waals surface area contributed by atoms with Crippen molar-refractivity contribution in [2.24, 2.45) is 5.89 Å². The number of pyridine rings is 1. The fourth-order valence-corrected chi connectivity index (χ4v) is 2.45. The molecule has 2 aromatic heterocycles. The third-order valence-electron chi connectivity index (χ3n) is 3.48. The quantitative estimate of drug-likeness (QED) is 0.698. The van der Waals surface area contributed by atoms with Crippen molar-refractivity contribution >= 4 is 5.82 Å². The summed E-state index contributed by atoms with van der Waals surface area (Å²) in [7, 11) is 0. The van der Waals surface area contributed by atoms with Crippen LogP contribution in [0.1, 0.15) is 24.8 Å². The Bertz CT molecular complexity index is 985. The largest absolute Gasteiger partial charge is 0.362 e. The summed E-state index contributed by atoms with van der Waals surface area (Å²) >= 11 is 0. The second kappa shape index (κ2) is 6.45. The highest BCUT2D eigenvalue weighted by Gasteiger charge is 2.12. The highest BCUT2D eigenvalue weighted by atomic mass is 15.2.